The van der Waals surface area contributed by atoms with Crippen LogP contribution in [0.1, 0.15) is 36.1 Å². The van der Waals surface area contributed by atoms with Gasteiger partial charge in [-0.05, 0) is 55.5 Å². The van der Waals surface area contributed by atoms with Crippen LogP contribution in [0.3, 0.4) is 0 Å². The smallest absolute Gasteiger partial charge is 0.306 e. The van der Waals surface area contributed by atoms with E-state index < -0.39 is 20.1 Å². The average Bonchev–Trinajstić information content (AvgIpc) is 2.53. The highest BCUT2D eigenvalue weighted by Gasteiger charge is 2.28. The van der Waals surface area contributed by atoms with E-state index in [1.54, 1.807) is 12.1 Å². The Hall–Kier alpha value is -1.90. The summed E-state index contributed by atoms with van der Waals surface area (Å²) in [5, 5.41) is 0. The molecule has 0 saturated heterocycles. The number of hydrogen-bond acceptors (Lipinski definition) is 5. The van der Waals surface area contributed by atoms with E-state index in [1.807, 2.05) is 46.8 Å². The van der Waals surface area contributed by atoms with Gasteiger partial charge in [-0.3, -0.25) is 0 Å². The van der Waals surface area contributed by atoms with Crippen molar-refractivity contribution in [1.29, 1.82) is 0 Å². The summed E-state index contributed by atoms with van der Waals surface area (Å²) in [5.74, 6) is 0.336. The first-order valence-corrected chi connectivity index (χ1v) is 12.6. The molecule has 6 nitrogen and oxygen atoms in total. The Morgan fingerprint density at radius 3 is 1.90 bits per heavy atom. The molecule has 8 heteroatoms. The molecule has 0 saturated carbocycles. The third kappa shape index (κ3) is 6.29. The van der Waals surface area contributed by atoms with Crippen LogP contribution in [0.15, 0.2) is 41.3 Å². The molecule has 0 aliphatic rings. The predicted octanol–water partition coefficient (Wildman–Crippen LogP) is 3.80. The first kappa shape index (κ1) is 23.4. The van der Waals surface area contributed by atoms with Crippen molar-refractivity contribution in [3.05, 3.63) is 58.7 Å². The van der Waals surface area contributed by atoms with Crippen molar-refractivity contribution in [1.82, 2.24) is 4.31 Å². The van der Waals surface area contributed by atoms with Gasteiger partial charge in [-0.15, -0.1) is 0 Å². The Morgan fingerprint density at radius 2 is 1.45 bits per heavy atom. The zero-order chi connectivity index (χ0) is 22.0. The summed E-state index contributed by atoms with van der Waals surface area (Å²) in [6.45, 7) is 10.1. The van der Waals surface area contributed by atoms with Gasteiger partial charge in [0.1, 0.15) is 5.75 Å². The monoisotopic (exact) mass is 439 g/mol. The second kappa shape index (κ2) is 8.85. The lowest BCUT2D eigenvalue weighted by Crippen LogP contribution is -2.34. The van der Waals surface area contributed by atoms with E-state index in [2.05, 4.69) is 0 Å². The normalized spacial score (nSPS) is 12.6. The van der Waals surface area contributed by atoms with Crippen molar-refractivity contribution in [2.75, 3.05) is 12.8 Å². The molecule has 29 heavy (non-hydrogen) atoms. The highest BCUT2D eigenvalue weighted by atomic mass is 32.2. The quantitative estimate of drug-likeness (QED) is 0.585. The van der Waals surface area contributed by atoms with Crippen molar-refractivity contribution in [3.63, 3.8) is 0 Å². The Bertz CT molecular complexity index is 1050. The Kier molecular flexibility index (Phi) is 7.14. The van der Waals surface area contributed by atoms with Gasteiger partial charge in [0.2, 0.25) is 10.0 Å². The molecule has 0 atom stereocenters. The molecular formula is C21H29NO5S2. The van der Waals surface area contributed by atoms with Gasteiger partial charge in [-0.2, -0.15) is 12.7 Å². The molecule has 0 fully saturated rings. The summed E-state index contributed by atoms with van der Waals surface area (Å²) >= 11 is 0. The van der Waals surface area contributed by atoms with Crippen LogP contribution in [0, 0.1) is 26.7 Å². The Labute approximate surface area is 174 Å². The standard InChI is InChI=1S/C21H29NO5S2/c1-15(2)13-22(14-19-7-9-20(10-8-19)27-28(6,23)24)29(25,26)21-17(4)11-16(3)12-18(21)5/h7-12,15H,13-14H2,1-6H3. The van der Waals surface area contributed by atoms with Gasteiger partial charge in [-0.1, -0.05) is 43.7 Å². The van der Waals surface area contributed by atoms with E-state index in [1.165, 1.54) is 16.4 Å². The molecule has 0 unspecified atom stereocenters. The second-order valence-corrected chi connectivity index (χ2v) is 11.3. The van der Waals surface area contributed by atoms with Gasteiger partial charge < -0.3 is 4.18 Å². The largest absolute Gasteiger partial charge is 0.383 e. The zero-order valence-electron chi connectivity index (χ0n) is 17.8. The fourth-order valence-electron chi connectivity index (χ4n) is 3.39. The molecular weight excluding hydrogens is 410 g/mol. The molecule has 0 spiro atoms. The van der Waals surface area contributed by atoms with Crippen LogP contribution < -0.4 is 4.18 Å². The fraction of sp³-hybridized carbons (Fsp3) is 0.429. The van der Waals surface area contributed by atoms with Crippen LogP contribution >= 0.6 is 0 Å². The number of benzene rings is 2. The molecule has 0 amide bonds. The van der Waals surface area contributed by atoms with Crippen LogP contribution in [-0.4, -0.2) is 33.9 Å². The van der Waals surface area contributed by atoms with Crippen LogP contribution in [0.5, 0.6) is 5.75 Å². The summed E-state index contributed by atoms with van der Waals surface area (Å²) in [4.78, 5) is 0.348. The lowest BCUT2D eigenvalue weighted by atomic mass is 10.1. The number of aryl methyl sites for hydroxylation is 3. The average molecular weight is 440 g/mol. The molecule has 0 aromatic heterocycles. The number of sulfonamides is 1. The SMILES string of the molecule is Cc1cc(C)c(S(=O)(=O)N(Cc2ccc(OS(C)(=O)=O)cc2)CC(C)C)c(C)c1. The van der Waals surface area contributed by atoms with E-state index in [4.69, 9.17) is 4.18 Å². The van der Waals surface area contributed by atoms with Gasteiger partial charge in [0, 0.05) is 13.1 Å². The van der Waals surface area contributed by atoms with Gasteiger partial charge >= 0.3 is 10.1 Å². The highest BCUT2D eigenvalue weighted by Crippen LogP contribution is 2.27. The van der Waals surface area contributed by atoms with Crippen LogP contribution in [-0.2, 0) is 26.7 Å². The second-order valence-electron chi connectivity index (χ2n) is 7.85. The summed E-state index contributed by atoms with van der Waals surface area (Å²) in [6.07, 6.45) is 0.976. The van der Waals surface area contributed by atoms with Crippen LogP contribution in [0.4, 0.5) is 0 Å². The van der Waals surface area contributed by atoms with E-state index >= 15 is 0 Å². The summed E-state index contributed by atoms with van der Waals surface area (Å²) < 4.78 is 55.8. The molecule has 160 valence electrons. The van der Waals surface area contributed by atoms with Crippen molar-refractivity contribution >= 4 is 20.1 Å². The third-order valence-corrected chi connectivity index (χ3v) is 6.91. The number of rotatable bonds is 8. The zero-order valence-corrected chi connectivity index (χ0v) is 19.4. The molecule has 0 heterocycles. The lowest BCUT2D eigenvalue weighted by Gasteiger charge is -2.26. The maximum Gasteiger partial charge on any atom is 0.306 e. The fourth-order valence-corrected chi connectivity index (χ4v) is 5.85. The minimum absolute atomic E-state index is 0.142. The van der Waals surface area contributed by atoms with Gasteiger partial charge in [-0.25, -0.2) is 8.42 Å². The molecule has 2 aromatic carbocycles. The first-order chi connectivity index (χ1) is 13.3. The first-order valence-electron chi connectivity index (χ1n) is 9.36. The summed E-state index contributed by atoms with van der Waals surface area (Å²) in [6, 6.07) is 10.2. The maximum atomic E-state index is 13.5. The maximum absolute atomic E-state index is 13.5. The van der Waals surface area contributed by atoms with Crippen molar-refractivity contribution in [2.24, 2.45) is 5.92 Å². The minimum Gasteiger partial charge on any atom is -0.383 e. The molecule has 2 aromatic rings. The van der Waals surface area contributed by atoms with Crippen molar-refractivity contribution in [2.45, 2.75) is 46.1 Å². The van der Waals surface area contributed by atoms with Crippen LogP contribution in [0.2, 0.25) is 0 Å². The van der Waals surface area contributed by atoms with E-state index in [0.717, 1.165) is 28.5 Å². The van der Waals surface area contributed by atoms with Gasteiger partial charge in [0.15, 0.2) is 0 Å². The lowest BCUT2D eigenvalue weighted by molar-refractivity contribution is 0.361. The van der Waals surface area contributed by atoms with Gasteiger partial charge in [0.05, 0.1) is 11.2 Å². The Balaban J connectivity index is 2.39. The predicted molar refractivity (Wildman–Crippen MR) is 115 cm³/mol. The molecule has 2 rings (SSSR count). The van der Waals surface area contributed by atoms with E-state index in [9.17, 15) is 16.8 Å². The molecule has 0 aliphatic heterocycles. The summed E-state index contributed by atoms with van der Waals surface area (Å²) in [7, 11) is -7.31. The van der Waals surface area contributed by atoms with Crippen molar-refractivity contribution < 1.29 is 21.0 Å². The van der Waals surface area contributed by atoms with E-state index in [-0.39, 0.29) is 18.2 Å². The van der Waals surface area contributed by atoms with Gasteiger partial charge in [0.25, 0.3) is 0 Å². The Morgan fingerprint density at radius 1 is 0.931 bits per heavy atom. The van der Waals surface area contributed by atoms with E-state index in [0.29, 0.717) is 11.4 Å². The van der Waals surface area contributed by atoms with Crippen molar-refractivity contribution in [3.8, 4) is 5.75 Å². The third-order valence-electron chi connectivity index (χ3n) is 4.30. The number of hydrogen-bond donors (Lipinski definition) is 0. The summed E-state index contributed by atoms with van der Waals surface area (Å²) in [5.41, 5.74) is 3.23. The molecule has 0 bridgehead atoms. The molecule has 0 aliphatic carbocycles. The molecule has 0 N–H and O–H groups in total. The molecule has 0 radical (unpaired) electrons. The number of nitrogens with zero attached hydrogens (tertiary/aromatic N) is 1. The van der Waals surface area contributed by atoms with Crippen LogP contribution in [0.25, 0.3) is 0 Å². The minimum atomic E-state index is -3.71. The highest BCUT2D eigenvalue weighted by molar-refractivity contribution is 7.89. The topological polar surface area (TPSA) is 80.8 Å².